The van der Waals surface area contributed by atoms with Crippen molar-refractivity contribution >= 4 is 17.3 Å². The molecule has 0 radical (unpaired) electrons. The van der Waals surface area contributed by atoms with Gasteiger partial charge in [0.2, 0.25) is 0 Å². The van der Waals surface area contributed by atoms with Crippen LogP contribution in [0.4, 0.5) is 11.4 Å². The molecule has 2 aromatic carbocycles. The summed E-state index contributed by atoms with van der Waals surface area (Å²) >= 11 is 0. The Hall–Kier alpha value is -3.80. The summed E-state index contributed by atoms with van der Waals surface area (Å²) in [5.41, 5.74) is 4.79. The third-order valence-electron chi connectivity index (χ3n) is 5.57. The van der Waals surface area contributed by atoms with Crippen molar-refractivity contribution < 1.29 is 9.21 Å². The Morgan fingerprint density at radius 2 is 2.03 bits per heavy atom. The fourth-order valence-electron chi connectivity index (χ4n) is 4.02. The highest BCUT2D eigenvalue weighted by atomic mass is 16.3. The van der Waals surface area contributed by atoms with E-state index in [0.29, 0.717) is 23.9 Å². The first kappa shape index (κ1) is 18.2. The number of aromatic nitrogens is 2. The topological polar surface area (TPSA) is 74.2 Å². The van der Waals surface area contributed by atoms with E-state index in [2.05, 4.69) is 45.3 Å². The minimum absolute atomic E-state index is 0.176. The van der Waals surface area contributed by atoms with Gasteiger partial charge in [-0.05, 0) is 55.3 Å². The van der Waals surface area contributed by atoms with Crippen LogP contribution in [-0.4, -0.2) is 21.9 Å². The summed E-state index contributed by atoms with van der Waals surface area (Å²) in [6.45, 7) is 2.76. The van der Waals surface area contributed by atoms with E-state index in [1.54, 1.807) is 24.7 Å². The van der Waals surface area contributed by atoms with E-state index in [4.69, 9.17) is 4.42 Å². The molecule has 150 valence electrons. The molecule has 0 fully saturated rings. The number of carbonyl (C=O) groups excluding carboxylic acids is 1. The lowest BCUT2D eigenvalue weighted by Gasteiger charge is -2.24. The molecule has 1 amide bonds. The van der Waals surface area contributed by atoms with Gasteiger partial charge in [-0.15, -0.1) is 0 Å². The maximum atomic E-state index is 12.9. The van der Waals surface area contributed by atoms with E-state index in [-0.39, 0.29) is 5.91 Å². The number of para-hydroxylation sites is 1. The Morgan fingerprint density at radius 1 is 1.20 bits per heavy atom. The molecule has 1 aliphatic rings. The molecule has 0 saturated carbocycles. The molecule has 2 N–H and O–H groups in total. The van der Waals surface area contributed by atoms with Crippen LogP contribution in [0.25, 0.3) is 11.4 Å². The van der Waals surface area contributed by atoms with Crippen LogP contribution in [0.5, 0.6) is 0 Å². The molecule has 0 bridgehead atoms. The van der Waals surface area contributed by atoms with Crippen molar-refractivity contribution in [2.24, 2.45) is 0 Å². The van der Waals surface area contributed by atoms with Gasteiger partial charge in [0.1, 0.15) is 11.6 Å². The maximum absolute atomic E-state index is 12.9. The van der Waals surface area contributed by atoms with E-state index >= 15 is 0 Å². The van der Waals surface area contributed by atoms with Crippen LogP contribution in [0.3, 0.4) is 0 Å². The van der Waals surface area contributed by atoms with Crippen molar-refractivity contribution in [3.05, 3.63) is 90.1 Å². The van der Waals surface area contributed by atoms with E-state index < -0.39 is 0 Å². The van der Waals surface area contributed by atoms with Gasteiger partial charge in [0.05, 0.1) is 18.4 Å². The number of fused-ring (bicyclic) bond motifs is 1. The summed E-state index contributed by atoms with van der Waals surface area (Å²) in [5.74, 6) is 1.29. The van der Waals surface area contributed by atoms with Gasteiger partial charge >= 0.3 is 0 Å². The molecule has 5 rings (SSSR count). The highest BCUT2D eigenvalue weighted by Gasteiger charge is 2.28. The third-order valence-corrected chi connectivity index (χ3v) is 5.57. The molecule has 4 aromatic rings. The SMILES string of the molecule is CC1Cc2ccccc2N1Cc1occc1C(=O)Nc1ccc(-c2ncc[nH]2)cc1. The lowest BCUT2D eigenvalue weighted by molar-refractivity contribution is 0.102. The number of nitrogens with one attached hydrogen (secondary N) is 2. The van der Waals surface area contributed by atoms with Gasteiger partial charge in [-0.2, -0.15) is 0 Å². The first-order chi connectivity index (χ1) is 14.7. The molecule has 0 spiro atoms. The number of benzene rings is 2. The summed E-state index contributed by atoms with van der Waals surface area (Å²) in [6, 6.07) is 18.1. The highest BCUT2D eigenvalue weighted by molar-refractivity contribution is 6.05. The summed E-state index contributed by atoms with van der Waals surface area (Å²) in [4.78, 5) is 22.5. The lowest BCUT2D eigenvalue weighted by atomic mass is 10.1. The van der Waals surface area contributed by atoms with E-state index in [9.17, 15) is 4.79 Å². The van der Waals surface area contributed by atoms with Crippen LogP contribution < -0.4 is 10.2 Å². The number of amides is 1. The molecule has 1 aliphatic heterocycles. The van der Waals surface area contributed by atoms with Crippen LogP contribution in [0, 0.1) is 0 Å². The second-order valence-electron chi connectivity index (χ2n) is 7.54. The van der Waals surface area contributed by atoms with Crippen LogP contribution >= 0.6 is 0 Å². The molecule has 6 heteroatoms. The summed E-state index contributed by atoms with van der Waals surface area (Å²) in [5, 5.41) is 2.96. The molecule has 2 aromatic heterocycles. The highest BCUT2D eigenvalue weighted by Crippen LogP contribution is 2.33. The van der Waals surface area contributed by atoms with Crippen molar-refractivity contribution in [2.45, 2.75) is 25.9 Å². The van der Waals surface area contributed by atoms with Gasteiger partial charge < -0.3 is 19.6 Å². The number of rotatable bonds is 5. The second kappa shape index (κ2) is 7.55. The lowest BCUT2D eigenvalue weighted by Crippen LogP contribution is -2.29. The Kier molecular flexibility index (Phi) is 4.59. The van der Waals surface area contributed by atoms with Crippen molar-refractivity contribution in [2.75, 3.05) is 10.2 Å². The fraction of sp³-hybridized carbons (Fsp3) is 0.167. The summed E-state index contributed by atoms with van der Waals surface area (Å²) in [7, 11) is 0. The summed E-state index contributed by atoms with van der Waals surface area (Å²) in [6.07, 6.45) is 6.08. The largest absolute Gasteiger partial charge is 0.467 e. The Bertz CT molecular complexity index is 1160. The Morgan fingerprint density at radius 3 is 2.83 bits per heavy atom. The molecule has 6 nitrogen and oxygen atoms in total. The molecule has 1 unspecified atom stereocenters. The first-order valence-corrected chi connectivity index (χ1v) is 10.0. The van der Waals surface area contributed by atoms with Gasteiger partial charge in [-0.1, -0.05) is 18.2 Å². The zero-order chi connectivity index (χ0) is 20.5. The van der Waals surface area contributed by atoms with Gasteiger partial charge in [-0.25, -0.2) is 4.98 Å². The van der Waals surface area contributed by atoms with Gasteiger partial charge in [0, 0.05) is 35.4 Å². The van der Waals surface area contributed by atoms with Crippen molar-refractivity contribution in [1.82, 2.24) is 9.97 Å². The first-order valence-electron chi connectivity index (χ1n) is 10.0. The van der Waals surface area contributed by atoms with Gasteiger partial charge in [0.15, 0.2) is 0 Å². The number of hydrogen-bond donors (Lipinski definition) is 2. The molecule has 30 heavy (non-hydrogen) atoms. The van der Waals surface area contributed by atoms with Crippen LogP contribution in [0.2, 0.25) is 0 Å². The zero-order valence-electron chi connectivity index (χ0n) is 16.6. The number of carbonyl (C=O) groups is 1. The summed E-state index contributed by atoms with van der Waals surface area (Å²) < 4.78 is 5.70. The molecule has 1 atom stereocenters. The van der Waals surface area contributed by atoms with E-state index in [1.165, 1.54) is 11.3 Å². The predicted octanol–water partition coefficient (Wildman–Crippen LogP) is 4.87. The second-order valence-corrected chi connectivity index (χ2v) is 7.54. The normalized spacial score (nSPS) is 15.2. The molecular formula is C24H22N4O2. The standard InChI is InChI=1S/C24H22N4O2/c1-16-14-18-4-2-3-5-21(18)28(16)15-22-20(10-13-30-22)24(29)27-19-8-6-17(7-9-19)23-25-11-12-26-23/h2-13,16H,14-15H2,1H3,(H,25,26)(H,27,29). The Labute approximate surface area is 174 Å². The van der Waals surface area contributed by atoms with Crippen LogP contribution in [-0.2, 0) is 13.0 Å². The maximum Gasteiger partial charge on any atom is 0.259 e. The van der Waals surface area contributed by atoms with Gasteiger partial charge in [0.25, 0.3) is 5.91 Å². The van der Waals surface area contributed by atoms with Crippen molar-refractivity contribution in [3.63, 3.8) is 0 Å². The third kappa shape index (κ3) is 3.37. The fourth-order valence-corrected chi connectivity index (χ4v) is 4.02. The molecule has 0 saturated heterocycles. The van der Waals surface area contributed by atoms with Crippen LogP contribution in [0.15, 0.2) is 77.7 Å². The van der Waals surface area contributed by atoms with Crippen molar-refractivity contribution in [3.8, 4) is 11.4 Å². The number of H-pyrrole nitrogens is 1. The molecule has 0 aliphatic carbocycles. The van der Waals surface area contributed by atoms with Crippen LogP contribution in [0.1, 0.15) is 28.6 Å². The number of anilines is 2. The minimum Gasteiger partial charge on any atom is -0.467 e. The Balaban J connectivity index is 1.32. The quantitative estimate of drug-likeness (QED) is 0.503. The average molecular weight is 398 g/mol. The van der Waals surface area contributed by atoms with E-state index in [0.717, 1.165) is 23.5 Å². The number of aromatic amines is 1. The monoisotopic (exact) mass is 398 g/mol. The minimum atomic E-state index is -0.176. The van der Waals surface area contributed by atoms with Crippen molar-refractivity contribution in [1.29, 1.82) is 0 Å². The number of nitrogens with zero attached hydrogens (tertiary/aromatic N) is 2. The number of furan rings is 1. The van der Waals surface area contributed by atoms with Gasteiger partial charge in [-0.3, -0.25) is 4.79 Å². The molecular weight excluding hydrogens is 376 g/mol. The smallest absolute Gasteiger partial charge is 0.259 e. The number of hydrogen-bond acceptors (Lipinski definition) is 4. The average Bonchev–Trinajstić information content (AvgIpc) is 3.50. The van der Waals surface area contributed by atoms with E-state index in [1.807, 2.05) is 30.3 Å². The molecule has 3 heterocycles. The predicted molar refractivity (Wildman–Crippen MR) is 116 cm³/mol. The zero-order valence-corrected chi connectivity index (χ0v) is 16.6. The number of imidazole rings is 1.